The third-order valence-electron chi connectivity index (χ3n) is 3.10. The van der Waals surface area contributed by atoms with Crippen molar-refractivity contribution in [2.24, 2.45) is 0 Å². The van der Waals surface area contributed by atoms with Crippen molar-refractivity contribution in [1.82, 2.24) is 4.90 Å². The van der Waals surface area contributed by atoms with Crippen LogP contribution in [0, 0.1) is 0 Å². The van der Waals surface area contributed by atoms with E-state index in [1.165, 1.54) is 0 Å². The van der Waals surface area contributed by atoms with E-state index >= 15 is 0 Å². The molecule has 0 saturated heterocycles. The molecule has 0 bridgehead atoms. The molecule has 1 aromatic rings. The minimum absolute atomic E-state index is 0.0817. The summed E-state index contributed by atoms with van der Waals surface area (Å²) < 4.78 is 0. The highest BCUT2D eigenvalue weighted by Gasteiger charge is 2.26. The van der Waals surface area contributed by atoms with Crippen molar-refractivity contribution in [1.29, 1.82) is 0 Å². The second kappa shape index (κ2) is 5.15. The summed E-state index contributed by atoms with van der Waals surface area (Å²) in [5, 5.41) is 0. The van der Waals surface area contributed by atoms with Crippen LogP contribution in [0.1, 0.15) is 44.0 Å². The number of rotatable bonds is 4. The Morgan fingerprint density at radius 2 is 1.81 bits per heavy atom. The fraction of sp³-hybridized carbons (Fsp3) is 0.500. The standard InChI is InChI=1S/C14H21NO/c1-5-11-14(2,3)15(4)13(16)12-9-7-6-8-10-12/h6-10H,5,11H2,1-4H3. The molecule has 1 aromatic carbocycles. The highest BCUT2D eigenvalue weighted by Crippen LogP contribution is 2.21. The molecular weight excluding hydrogens is 198 g/mol. The molecule has 0 unspecified atom stereocenters. The Bertz CT molecular complexity index is 343. The van der Waals surface area contributed by atoms with Crippen LogP contribution < -0.4 is 0 Å². The zero-order valence-electron chi connectivity index (χ0n) is 10.7. The smallest absolute Gasteiger partial charge is 0.254 e. The van der Waals surface area contributed by atoms with E-state index in [1.807, 2.05) is 42.3 Å². The Hall–Kier alpha value is -1.31. The molecule has 0 saturated carbocycles. The highest BCUT2D eigenvalue weighted by atomic mass is 16.2. The van der Waals surface area contributed by atoms with E-state index in [0.29, 0.717) is 0 Å². The fourth-order valence-corrected chi connectivity index (χ4v) is 1.83. The predicted octanol–water partition coefficient (Wildman–Crippen LogP) is 3.34. The lowest BCUT2D eigenvalue weighted by Gasteiger charge is -2.35. The van der Waals surface area contributed by atoms with Gasteiger partial charge in [0.05, 0.1) is 0 Å². The van der Waals surface area contributed by atoms with Gasteiger partial charge in [-0.3, -0.25) is 4.79 Å². The molecule has 2 nitrogen and oxygen atoms in total. The molecule has 0 heterocycles. The molecule has 0 aromatic heterocycles. The van der Waals surface area contributed by atoms with Crippen LogP contribution in [-0.4, -0.2) is 23.4 Å². The van der Waals surface area contributed by atoms with Gasteiger partial charge in [-0.15, -0.1) is 0 Å². The van der Waals surface area contributed by atoms with Crippen LogP contribution in [0.3, 0.4) is 0 Å². The number of carbonyl (C=O) groups is 1. The Morgan fingerprint density at radius 1 is 1.25 bits per heavy atom. The number of nitrogens with zero attached hydrogens (tertiary/aromatic N) is 1. The average molecular weight is 219 g/mol. The van der Waals surface area contributed by atoms with Crippen LogP contribution >= 0.6 is 0 Å². The summed E-state index contributed by atoms with van der Waals surface area (Å²) in [7, 11) is 1.88. The topological polar surface area (TPSA) is 20.3 Å². The summed E-state index contributed by atoms with van der Waals surface area (Å²) >= 11 is 0. The first-order valence-electron chi connectivity index (χ1n) is 5.82. The van der Waals surface area contributed by atoms with Gasteiger partial charge >= 0.3 is 0 Å². The van der Waals surface area contributed by atoms with Crippen molar-refractivity contribution in [2.75, 3.05) is 7.05 Å². The molecule has 0 atom stereocenters. The van der Waals surface area contributed by atoms with Gasteiger partial charge in [0.2, 0.25) is 0 Å². The molecular formula is C14H21NO. The molecule has 2 heteroatoms. The van der Waals surface area contributed by atoms with Crippen molar-refractivity contribution in [3.63, 3.8) is 0 Å². The van der Waals surface area contributed by atoms with Gasteiger partial charge in [-0.2, -0.15) is 0 Å². The maximum Gasteiger partial charge on any atom is 0.254 e. The molecule has 16 heavy (non-hydrogen) atoms. The number of hydrogen-bond donors (Lipinski definition) is 0. The van der Waals surface area contributed by atoms with Gasteiger partial charge in [-0.25, -0.2) is 0 Å². The van der Waals surface area contributed by atoms with Crippen molar-refractivity contribution < 1.29 is 4.79 Å². The zero-order chi connectivity index (χ0) is 12.2. The third-order valence-corrected chi connectivity index (χ3v) is 3.10. The summed E-state index contributed by atoms with van der Waals surface area (Å²) in [6, 6.07) is 9.44. The minimum Gasteiger partial charge on any atom is -0.337 e. The molecule has 1 amide bonds. The van der Waals surface area contributed by atoms with E-state index in [0.717, 1.165) is 18.4 Å². The van der Waals surface area contributed by atoms with E-state index in [-0.39, 0.29) is 11.4 Å². The summed E-state index contributed by atoms with van der Waals surface area (Å²) in [4.78, 5) is 14.0. The van der Waals surface area contributed by atoms with Gasteiger partial charge in [0.25, 0.3) is 5.91 Å². The lowest BCUT2D eigenvalue weighted by atomic mass is 9.96. The van der Waals surface area contributed by atoms with Crippen LogP contribution in [0.15, 0.2) is 30.3 Å². The quantitative estimate of drug-likeness (QED) is 0.760. The predicted molar refractivity (Wildman–Crippen MR) is 67.5 cm³/mol. The van der Waals surface area contributed by atoms with Gasteiger partial charge < -0.3 is 4.90 Å². The number of amides is 1. The van der Waals surface area contributed by atoms with E-state index in [2.05, 4.69) is 20.8 Å². The van der Waals surface area contributed by atoms with E-state index in [1.54, 1.807) is 0 Å². The summed E-state index contributed by atoms with van der Waals surface area (Å²) in [6.07, 6.45) is 2.10. The Balaban J connectivity index is 2.82. The van der Waals surface area contributed by atoms with Crippen molar-refractivity contribution in [2.45, 2.75) is 39.2 Å². The SMILES string of the molecule is CCCC(C)(C)N(C)C(=O)c1ccccc1. The molecule has 0 aliphatic carbocycles. The van der Waals surface area contributed by atoms with Crippen LogP contribution in [0.4, 0.5) is 0 Å². The molecule has 0 radical (unpaired) electrons. The second-order valence-electron chi connectivity index (χ2n) is 4.79. The lowest BCUT2D eigenvalue weighted by molar-refractivity contribution is 0.0610. The molecule has 0 spiro atoms. The Kier molecular flexibility index (Phi) is 4.11. The highest BCUT2D eigenvalue weighted by molar-refractivity contribution is 5.94. The monoisotopic (exact) mass is 219 g/mol. The Morgan fingerprint density at radius 3 is 2.31 bits per heavy atom. The maximum atomic E-state index is 12.2. The average Bonchev–Trinajstić information content (AvgIpc) is 2.28. The summed E-state index contributed by atoms with van der Waals surface area (Å²) in [6.45, 7) is 6.36. The minimum atomic E-state index is -0.0817. The van der Waals surface area contributed by atoms with Gasteiger partial charge in [-0.1, -0.05) is 31.5 Å². The first-order chi connectivity index (χ1) is 7.49. The van der Waals surface area contributed by atoms with Gasteiger partial charge in [0.1, 0.15) is 0 Å². The largest absolute Gasteiger partial charge is 0.337 e. The summed E-state index contributed by atoms with van der Waals surface area (Å²) in [5.41, 5.74) is 0.677. The van der Waals surface area contributed by atoms with Gasteiger partial charge in [0.15, 0.2) is 0 Å². The zero-order valence-corrected chi connectivity index (χ0v) is 10.7. The molecule has 88 valence electrons. The van der Waals surface area contributed by atoms with Gasteiger partial charge in [0, 0.05) is 18.2 Å². The third kappa shape index (κ3) is 2.84. The molecule has 0 N–H and O–H groups in total. The van der Waals surface area contributed by atoms with Crippen LogP contribution in [-0.2, 0) is 0 Å². The maximum absolute atomic E-state index is 12.2. The van der Waals surface area contributed by atoms with Crippen LogP contribution in [0.2, 0.25) is 0 Å². The van der Waals surface area contributed by atoms with E-state index in [4.69, 9.17) is 0 Å². The second-order valence-corrected chi connectivity index (χ2v) is 4.79. The number of carbonyl (C=O) groups excluding carboxylic acids is 1. The fourth-order valence-electron chi connectivity index (χ4n) is 1.83. The molecule has 1 rings (SSSR count). The first kappa shape index (κ1) is 12.8. The lowest BCUT2D eigenvalue weighted by Crippen LogP contribution is -2.44. The van der Waals surface area contributed by atoms with Crippen molar-refractivity contribution in [3.8, 4) is 0 Å². The van der Waals surface area contributed by atoms with E-state index in [9.17, 15) is 4.79 Å². The Labute approximate surface area is 98.3 Å². The van der Waals surface area contributed by atoms with E-state index < -0.39 is 0 Å². The molecule has 0 fully saturated rings. The van der Waals surface area contributed by atoms with Crippen LogP contribution in [0.25, 0.3) is 0 Å². The van der Waals surface area contributed by atoms with Crippen molar-refractivity contribution in [3.05, 3.63) is 35.9 Å². The van der Waals surface area contributed by atoms with Crippen LogP contribution in [0.5, 0.6) is 0 Å². The number of hydrogen-bond acceptors (Lipinski definition) is 1. The normalized spacial score (nSPS) is 11.2. The summed E-state index contributed by atoms with van der Waals surface area (Å²) in [5.74, 6) is 0.0963. The van der Waals surface area contributed by atoms with Crippen molar-refractivity contribution >= 4 is 5.91 Å². The first-order valence-corrected chi connectivity index (χ1v) is 5.82. The van der Waals surface area contributed by atoms with Gasteiger partial charge in [-0.05, 0) is 32.4 Å². The molecule has 0 aliphatic heterocycles. The molecule has 0 aliphatic rings. The number of benzene rings is 1.